The molecule has 0 saturated heterocycles. The summed E-state index contributed by atoms with van der Waals surface area (Å²) >= 11 is 8.75. The summed E-state index contributed by atoms with van der Waals surface area (Å²) in [7, 11) is 0. The number of nitrogens with one attached hydrogen (secondary N) is 1. The molecule has 2 aromatic heterocycles. The molecule has 0 aliphatic carbocycles. The Kier molecular flexibility index (Phi) is 3.47. The molecule has 0 unspecified atom stereocenters. The Labute approximate surface area is 131 Å². The van der Waals surface area contributed by atoms with Crippen LogP contribution in [0.1, 0.15) is 0 Å². The molecule has 96 valence electrons. The van der Waals surface area contributed by atoms with Crippen LogP contribution in [0.2, 0.25) is 0 Å². The molecule has 0 saturated carbocycles. The molecule has 2 heterocycles. The van der Waals surface area contributed by atoms with Gasteiger partial charge in [0.2, 0.25) is 0 Å². The summed E-state index contributed by atoms with van der Waals surface area (Å²) in [4.78, 5) is 1.09. The maximum atomic E-state index is 6.02. The van der Waals surface area contributed by atoms with Crippen molar-refractivity contribution >= 4 is 49.0 Å². The van der Waals surface area contributed by atoms with Crippen molar-refractivity contribution in [3.63, 3.8) is 0 Å². The number of hydrogen-bond donors (Lipinski definition) is 2. The number of anilines is 1. The van der Waals surface area contributed by atoms with Gasteiger partial charge in [0.05, 0.1) is 16.1 Å². The van der Waals surface area contributed by atoms with E-state index in [0.29, 0.717) is 5.82 Å². The maximum absolute atomic E-state index is 6.02. The number of hydrogen-bond acceptors (Lipinski definition) is 3. The number of H-pyrrole nitrogens is 1. The van der Waals surface area contributed by atoms with Gasteiger partial charge in [0.25, 0.3) is 0 Å². The second-order valence-electron chi connectivity index (χ2n) is 3.94. The fourth-order valence-electron chi connectivity index (χ4n) is 1.93. The zero-order chi connectivity index (χ0) is 13.4. The van der Waals surface area contributed by atoms with Crippen LogP contribution in [0, 0.1) is 0 Å². The lowest BCUT2D eigenvalue weighted by atomic mass is 10.0. The second-order valence-corrected chi connectivity index (χ2v) is 6.56. The fraction of sp³-hybridized carbons (Fsp3) is 0. The molecule has 1 aromatic carbocycles. The number of aromatic nitrogens is 2. The van der Waals surface area contributed by atoms with Gasteiger partial charge < -0.3 is 5.73 Å². The number of nitrogens with two attached hydrogens (primary N) is 1. The molecule has 3 nitrogen and oxygen atoms in total. The first-order valence-corrected chi connectivity index (χ1v) is 7.97. The lowest BCUT2D eigenvalue weighted by Gasteiger charge is -2.06. The van der Waals surface area contributed by atoms with Crippen LogP contribution in [0.4, 0.5) is 5.82 Å². The highest BCUT2D eigenvalue weighted by Crippen LogP contribution is 2.42. The third kappa shape index (κ3) is 2.24. The quantitative estimate of drug-likeness (QED) is 0.644. The van der Waals surface area contributed by atoms with E-state index in [-0.39, 0.29) is 0 Å². The highest BCUT2D eigenvalue weighted by Gasteiger charge is 2.19. The predicted octanol–water partition coefficient (Wildman–Crippen LogP) is 4.91. The minimum atomic E-state index is 0.502. The lowest BCUT2D eigenvalue weighted by molar-refractivity contribution is 1.10. The van der Waals surface area contributed by atoms with Gasteiger partial charge in [0, 0.05) is 14.5 Å². The Balaban J connectivity index is 2.26. The molecule has 0 radical (unpaired) electrons. The first-order valence-electron chi connectivity index (χ1n) is 5.50. The molecular weight excluding hydrogens is 390 g/mol. The summed E-state index contributed by atoms with van der Waals surface area (Å²) in [6.07, 6.45) is 0. The van der Waals surface area contributed by atoms with Crippen LogP contribution in [-0.4, -0.2) is 10.2 Å². The van der Waals surface area contributed by atoms with Gasteiger partial charge in [0.15, 0.2) is 5.82 Å². The number of aromatic amines is 1. The van der Waals surface area contributed by atoms with Gasteiger partial charge >= 0.3 is 0 Å². The van der Waals surface area contributed by atoms with Crippen molar-refractivity contribution in [2.75, 3.05) is 5.73 Å². The summed E-state index contributed by atoms with van der Waals surface area (Å²) in [6, 6.07) is 10.00. The molecule has 0 fully saturated rings. The van der Waals surface area contributed by atoms with Crippen molar-refractivity contribution in [2.24, 2.45) is 0 Å². The minimum Gasteiger partial charge on any atom is -0.382 e. The summed E-state index contributed by atoms with van der Waals surface area (Å²) in [6.45, 7) is 0. The molecule has 3 aromatic rings. The lowest BCUT2D eigenvalue weighted by Crippen LogP contribution is -1.89. The first kappa shape index (κ1) is 12.9. The van der Waals surface area contributed by atoms with Gasteiger partial charge in [0.1, 0.15) is 0 Å². The Bertz CT molecular complexity index is 733. The molecule has 3 N–H and O–H groups in total. The molecule has 3 rings (SSSR count). The Morgan fingerprint density at radius 1 is 1.11 bits per heavy atom. The van der Waals surface area contributed by atoms with E-state index in [1.165, 1.54) is 0 Å². The highest BCUT2D eigenvalue weighted by atomic mass is 79.9. The predicted molar refractivity (Wildman–Crippen MR) is 87.1 cm³/mol. The Morgan fingerprint density at radius 3 is 2.58 bits per heavy atom. The van der Waals surface area contributed by atoms with E-state index in [2.05, 4.69) is 42.1 Å². The van der Waals surface area contributed by atoms with Crippen LogP contribution >= 0.6 is 43.2 Å². The highest BCUT2D eigenvalue weighted by molar-refractivity contribution is 9.11. The van der Waals surface area contributed by atoms with E-state index in [1.54, 1.807) is 11.3 Å². The monoisotopic (exact) mass is 397 g/mol. The van der Waals surface area contributed by atoms with Crippen LogP contribution in [0.3, 0.4) is 0 Å². The van der Waals surface area contributed by atoms with Crippen molar-refractivity contribution < 1.29 is 0 Å². The number of thiophene rings is 1. The van der Waals surface area contributed by atoms with E-state index in [4.69, 9.17) is 5.73 Å². The average molecular weight is 399 g/mol. The smallest absolute Gasteiger partial charge is 0.153 e. The third-order valence-corrected chi connectivity index (χ3v) is 5.33. The largest absolute Gasteiger partial charge is 0.382 e. The number of nitrogens with zero attached hydrogens (tertiary/aromatic N) is 1. The van der Waals surface area contributed by atoms with E-state index < -0.39 is 0 Å². The molecule has 19 heavy (non-hydrogen) atoms. The summed E-state index contributed by atoms with van der Waals surface area (Å²) in [5.41, 5.74) is 8.92. The second kappa shape index (κ2) is 5.11. The van der Waals surface area contributed by atoms with Gasteiger partial charge in [-0.2, -0.15) is 5.10 Å². The SMILES string of the molecule is Nc1n[nH]c(-c2sccc2Br)c1-c1ccccc1Br. The van der Waals surface area contributed by atoms with Crippen LogP contribution in [-0.2, 0) is 0 Å². The van der Waals surface area contributed by atoms with Gasteiger partial charge in [-0.05, 0) is 33.4 Å². The van der Waals surface area contributed by atoms with Crippen LogP contribution in [0.15, 0.2) is 44.7 Å². The summed E-state index contributed by atoms with van der Waals surface area (Å²) in [5.74, 6) is 0.502. The van der Waals surface area contributed by atoms with E-state index in [0.717, 1.165) is 30.6 Å². The van der Waals surface area contributed by atoms with Gasteiger partial charge in [-0.1, -0.05) is 34.1 Å². The summed E-state index contributed by atoms with van der Waals surface area (Å²) in [5, 5.41) is 9.20. The van der Waals surface area contributed by atoms with E-state index in [1.807, 2.05) is 35.7 Å². The normalized spacial score (nSPS) is 10.8. The molecule has 0 bridgehead atoms. The average Bonchev–Trinajstić information content (AvgIpc) is 2.96. The fourth-order valence-corrected chi connectivity index (χ4v) is 3.98. The summed E-state index contributed by atoms with van der Waals surface area (Å²) < 4.78 is 2.03. The minimum absolute atomic E-state index is 0.502. The Morgan fingerprint density at radius 2 is 1.89 bits per heavy atom. The van der Waals surface area contributed by atoms with Gasteiger partial charge in [-0.15, -0.1) is 11.3 Å². The molecular formula is C13H9Br2N3S. The zero-order valence-electron chi connectivity index (χ0n) is 9.65. The van der Waals surface area contributed by atoms with Crippen LogP contribution < -0.4 is 5.73 Å². The third-order valence-electron chi connectivity index (χ3n) is 2.78. The van der Waals surface area contributed by atoms with Crippen molar-refractivity contribution in [1.82, 2.24) is 10.2 Å². The van der Waals surface area contributed by atoms with Crippen molar-refractivity contribution in [2.45, 2.75) is 0 Å². The molecule has 0 amide bonds. The van der Waals surface area contributed by atoms with Crippen molar-refractivity contribution in [1.29, 1.82) is 0 Å². The van der Waals surface area contributed by atoms with Crippen molar-refractivity contribution in [3.8, 4) is 21.7 Å². The number of rotatable bonds is 2. The van der Waals surface area contributed by atoms with Crippen LogP contribution in [0.25, 0.3) is 21.7 Å². The number of halogens is 2. The topological polar surface area (TPSA) is 54.7 Å². The Hall–Kier alpha value is -1.11. The standard InChI is InChI=1S/C13H9Br2N3S/c14-8-4-2-1-3-7(8)10-11(17-18-13(10)16)12-9(15)5-6-19-12/h1-6H,(H3,16,17,18). The van der Waals surface area contributed by atoms with Gasteiger partial charge in [-0.3, -0.25) is 5.10 Å². The van der Waals surface area contributed by atoms with E-state index in [9.17, 15) is 0 Å². The molecule has 6 heteroatoms. The molecule has 0 aliphatic rings. The van der Waals surface area contributed by atoms with Crippen LogP contribution in [0.5, 0.6) is 0 Å². The first-order chi connectivity index (χ1) is 9.18. The maximum Gasteiger partial charge on any atom is 0.153 e. The number of nitrogen functional groups attached to an aromatic ring is 1. The molecule has 0 aliphatic heterocycles. The molecule has 0 spiro atoms. The van der Waals surface area contributed by atoms with Crippen molar-refractivity contribution in [3.05, 3.63) is 44.7 Å². The van der Waals surface area contributed by atoms with E-state index >= 15 is 0 Å². The molecule has 0 atom stereocenters. The number of benzene rings is 1. The van der Waals surface area contributed by atoms with Gasteiger partial charge in [-0.25, -0.2) is 0 Å². The zero-order valence-corrected chi connectivity index (χ0v) is 13.6.